The zero-order valence-electron chi connectivity index (χ0n) is 9.72. The van der Waals surface area contributed by atoms with Crippen LogP contribution in [0.5, 0.6) is 0 Å². The minimum Gasteiger partial charge on any atom is -0.394 e. The summed E-state index contributed by atoms with van der Waals surface area (Å²) in [6.45, 7) is 1.71. The van der Waals surface area contributed by atoms with E-state index >= 15 is 0 Å². The fourth-order valence-electron chi connectivity index (χ4n) is 2.24. The van der Waals surface area contributed by atoms with Gasteiger partial charge in [0.05, 0.1) is 22.9 Å². The molecule has 2 rings (SSSR count). The summed E-state index contributed by atoms with van der Waals surface area (Å²) in [5.74, 6) is -0.324. The third-order valence-electron chi connectivity index (χ3n) is 3.33. The predicted molar refractivity (Wildman–Crippen MR) is 64.1 cm³/mol. The molecular weight excluding hydrogens is 242 g/mol. The molecule has 3 N–H and O–H groups in total. The standard InChI is InChI=1S/C11H16ClN3O2/c1-7-8(12)9(15-14-7)10(17)13-11(6-16)4-2-3-5-11/h16H,2-6H2,1H3,(H,13,17)(H,14,15). The molecule has 94 valence electrons. The Morgan fingerprint density at radius 1 is 1.59 bits per heavy atom. The molecule has 1 fully saturated rings. The Hall–Kier alpha value is -1.07. The topological polar surface area (TPSA) is 78.0 Å². The van der Waals surface area contributed by atoms with Crippen molar-refractivity contribution in [1.29, 1.82) is 0 Å². The van der Waals surface area contributed by atoms with E-state index < -0.39 is 5.54 Å². The number of aromatic amines is 1. The Balaban J connectivity index is 2.13. The van der Waals surface area contributed by atoms with E-state index in [0.29, 0.717) is 10.7 Å². The number of carbonyl (C=O) groups excluding carboxylic acids is 1. The molecule has 0 bridgehead atoms. The first-order valence-corrected chi connectivity index (χ1v) is 6.10. The molecule has 1 amide bonds. The average Bonchev–Trinajstić information content (AvgIpc) is 2.89. The van der Waals surface area contributed by atoms with Crippen LogP contribution < -0.4 is 5.32 Å². The van der Waals surface area contributed by atoms with Gasteiger partial charge in [-0.05, 0) is 19.8 Å². The number of halogens is 1. The molecule has 1 heterocycles. The van der Waals surface area contributed by atoms with Crippen LogP contribution in [0, 0.1) is 6.92 Å². The maximum absolute atomic E-state index is 12.0. The van der Waals surface area contributed by atoms with E-state index in [0.717, 1.165) is 25.7 Å². The van der Waals surface area contributed by atoms with Crippen molar-refractivity contribution in [3.63, 3.8) is 0 Å². The van der Waals surface area contributed by atoms with E-state index in [-0.39, 0.29) is 18.2 Å². The lowest BCUT2D eigenvalue weighted by Gasteiger charge is -2.27. The highest BCUT2D eigenvalue weighted by Gasteiger charge is 2.35. The van der Waals surface area contributed by atoms with Crippen LogP contribution in [0.25, 0.3) is 0 Å². The maximum Gasteiger partial charge on any atom is 0.273 e. The van der Waals surface area contributed by atoms with Gasteiger partial charge in [0.2, 0.25) is 0 Å². The first kappa shape index (κ1) is 12.4. The predicted octanol–water partition coefficient (Wildman–Crippen LogP) is 1.41. The SMILES string of the molecule is Cc1[nH]nc(C(=O)NC2(CO)CCCC2)c1Cl. The van der Waals surface area contributed by atoms with E-state index in [4.69, 9.17) is 11.6 Å². The minimum absolute atomic E-state index is 0.0419. The van der Waals surface area contributed by atoms with Crippen LogP contribution in [0.2, 0.25) is 5.02 Å². The van der Waals surface area contributed by atoms with Gasteiger partial charge in [-0.2, -0.15) is 5.10 Å². The van der Waals surface area contributed by atoms with Gasteiger partial charge in [-0.15, -0.1) is 0 Å². The van der Waals surface area contributed by atoms with Crippen molar-refractivity contribution in [2.24, 2.45) is 0 Å². The van der Waals surface area contributed by atoms with Gasteiger partial charge in [0, 0.05) is 0 Å². The Bertz CT molecular complexity index is 424. The number of H-pyrrole nitrogens is 1. The number of rotatable bonds is 3. The number of hydrogen-bond donors (Lipinski definition) is 3. The number of carbonyl (C=O) groups is 1. The molecule has 6 heteroatoms. The molecule has 1 saturated carbocycles. The Kier molecular flexibility index (Phi) is 3.40. The Labute approximate surface area is 105 Å². The van der Waals surface area contributed by atoms with Crippen molar-refractivity contribution in [1.82, 2.24) is 15.5 Å². The van der Waals surface area contributed by atoms with Gasteiger partial charge in [0.1, 0.15) is 0 Å². The van der Waals surface area contributed by atoms with Crippen LogP contribution in [0.3, 0.4) is 0 Å². The zero-order valence-corrected chi connectivity index (χ0v) is 10.5. The van der Waals surface area contributed by atoms with Crippen molar-refractivity contribution in [3.05, 3.63) is 16.4 Å². The van der Waals surface area contributed by atoms with E-state index in [9.17, 15) is 9.90 Å². The van der Waals surface area contributed by atoms with Crippen LogP contribution in [-0.2, 0) is 0 Å². The van der Waals surface area contributed by atoms with Gasteiger partial charge in [-0.1, -0.05) is 24.4 Å². The third kappa shape index (κ3) is 2.30. The lowest BCUT2D eigenvalue weighted by Crippen LogP contribution is -2.49. The molecule has 1 aliphatic carbocycles. The average molecular weight is 258 g/mol. The molecule has 0 saturated heterocycles. The molecule has 5 nitrogen and oxygen atoms in total. The number of nitrogens with zero attached hydrogens (tertiary/aromatic N) is 1. The Morgan fingerprint density at radius 2 is 2.24 bits per heavy atom. The highest BCUT2D eigenvalue weighted by molar-refractivity contribution is 6.34. The van der Waals surface area contributed by atoms with Gasteiger partial charge in [0.25, 0.3) is 5.91 Å². The zero-order chi connectivity index (χ0) is 12.5. The van der Waals surface area contributed by atoms with Crippen molar-refractivity contribution in [2.75, 3.05) is 6.61 Å². The van der Waals surface area contributed by atoms with Crippen LogP contribution in [0.15, 0.2) is 0 Å². The smallest absolute Gasteiger partial charge is 0.273 e. The first-order valence-electron chi connectivity index (χ1n) is 5.72. The molecule has 1 aliphatic rings. The van der Waals surface area contributed by atoms with E-state index in [1.165, 1.54) is 0 Å². The number of aliphatic hydroxyl groups is 1. The largest absolute Gasteiger partial charge is 0.394 e. The third-order valence-corrected chi connectivity index (χ3v) is 3.79. The molecule has 17 heavy (non-hydrogen) atoms. The molecule has 0 aromatic carbocycles. The minimum atomic E-state index is -0.493. The fraction of sp³-hybridized carbons (Fsp3) is 0.636. The molecule has 0 aliphatic heterocycles. The van der Waals surface area contributed by atoms with Crippen LogP contribution in [-0.4, -0.2) is 33.4 Å². The Morgan fingerprint density at radius 3 is 2.71 bits per heavy atom. The number of nitrogens with one attached hydrogen (secondary N) is 2. The van der Waals surface area contributed by atoms with Crippen molar-refractivity contribution in [3.8, 4) is 0 Å². The lowest BCUT2D eigenvalue weighted by atomic mass is 9.99. The summed E-state index contributed by atoms with van der Waals surface area (Å²) in [6.07, 6.45) is 3.65. The second-order valence-corrected chi connectivity index (χ2v) is 4.99. The number of amides is 1. The van der Waals surface area contributed by atoms with Crippen LogP contribution in [0.1, 0.15) is 41.9 Å². The summed E-state index contributed by atoms with van der Waals surface area (Å²) >= 11 is 5.96. The van der Waals surface area contributed by atoms with Gasteiger partial charge >= 0.3 is 0 Å². The van der Waals surface area contributed by atoms with Crippen LogP contribution >= 0.6 is 11.6 Å². The quantitative estimate of drug-likeness (QED) is 0.766. The first-order chi connectivity index (χ1) is 8.08. The van der Waals surface area contributed by atoms with Gasteiger partial charge in [-0.25, -0.2) is 0 Å². The summed E-state index contributed by atoms with van der Waals surface area (Å²) in [7, 11) is 0. The summed E-state index contributed by atoms with van der Waals surface area (Å²) in [5.41, 5.74) is 0.373. The lowest BCUT2D eigenvalue weighted by molar-refractivity contribution is 0.0833. The highest BCUT2D eigenvalue weighted by Crippen LogP contribution is 2.29. The molecule has 1 aromatic rings. The number of aryl methyl sites for hydroxylation is 1. The van der Waals surface area contributed by atoms with E-state index in [1.54, 1.807) is 6.92 Å². The number of hydrogen-bond acceptors (Lipinski definition) is 3. The van der Waals surface area contributed by atoms with Gasteiger partial charge in [0.15, 0.2) is 5.69 Å². The summed E-state index contributed by atoms with van der Waals surface area (Å²) in [6, 6.07) is 0. The highest BCUT2D eigenvalue weighted by atomic mass is 35.5. The molecular formula is C11H16ClN3O2. The van der Waals surface area contributed by atoms with Gasteiger partial charge < -0.3 is 10.4 Å². The fourth-order valence-corrected chi connectivity index (χ4v) is 2.41. The second kappa shape index (κ2) is 4.66. The van der Waals surface area contributed by atoms with Crippen LogP contribution in [0.4, 0.5) is 0 Å². The van der Waals surface area contributed by atoms with Crippen molar-refractivity contribution < 1.29 is 9.90 Å². The molecule has 1 aromatic heterocycles. The van der Waals surface area contributed by atoms with E-state index in [1.807, 2.05) is 0 Å². The summed E-state index contributed by atoms with van der Waals surface area (Å²) < 4.78 is 0. The van der Waals surface area contributed by atoms with Crippen molar-refractivity contribution in [2.45, 2.75) is 38.1 Å². The second-order valence-electron chi connectivity index (χ2n) is 4.61. The van der Waals surface area contributed by atoms with E-state index in [2.05, 4.69) is 15.5 Å². The van der Waals surface area contributed by atoms with Gasteiger partial charge in [-0.3, -0.25) is 9.89 Å². The monoisotopic (exact) mass is 257 g/mol. The molecule has 0 spiro atoms. The molecule has 0 unspecified atom stereocenters. The summed E-state index contributed by atoms with van der Waals surface area (Å²) in [5, 5.41) is 19.1. The number of aliphatic hydroxyl groups excluding tert-OH is 1. The normalized spacial score (nSPS) is 18.3. The molecule has 0 radical (unpaired) electrons. The summed E-state index contributed by atoms with van der Waals surface area (Å²) in [4.78, 5) is 12.0. The maximum atomic E-state index is 12.0. The number of aromatic nitrogens is 2. The molecule has 0 atom stereocenters. The van der Waals surface area contributed by atoms with Crippen molar-refractivity contribution >= 4 is 17.5 Å².